The van der Waals surface area contributed by atoms with Gasteiger partial charge in [0.05, 0.1) is 12.3 Å². The van der Waals surface area contributed by atoms with E-state index in [0.29, 0.717) is 5.56 Å². The van der Waals surface area contributed by atoms with Gasteiger partial charge in [-0.3, -0.25) is 0 Å². The Morgan fingerprint density at radius 3 is 2.35 bits per heavy atom. The lowest BCUT2D eigenvalue weighted by Crippen LogP contribution is -2.00. The van der Waals surface area contributed by atoms with E-state index in [1.165, 1.54) is 32.1 Å². The number of benzene rings is 2. The molecule has 31 heavy (non-hydrogen) atoms. The van der Waals surface area contributed by atoms with Crippen molar-refractivity contribution in [1.29, 1.82) is 5.26 Å². The quantitative estimate of drug-likeness (QED) is 0.366. The molecule has 0 amide bonds. The lowest BCUT2D eigenvalue weighted by atomic mass is 9.97. The maximum atomic E-state index is 9.66. The SMILES string of the molecule is CCCCCCCCOc1ccc(-c2cc(-c3ccccc3C)nc(N)c2C#N)cc1. The fraction of sp³-hybridized carbons (Fsp3) is 0.333. The number of hydrogen-bond acceptors (Lipinski definition) is 4. The van der Waals surface area contributed by atoms with Crippen molar-refractivity contribution in [1.82, 2.24) is 4.98 Å². The van der Waals surface area contributed by atoms with Crippen LogP contribution < -0.4 is 10.5 Å². The first-order valence-electron chi connectivity index (χ1n) is 11.1. The summed E-state index contributed by atoms with van der Waals surface area (Å²) in [4.78, 5) is 4.49. The molecule has 2 aromatic carbocycles. The molecule has 2 N–H and O–H groups in total. The molecule has 0 aliphatic carbocycles. The van der Waals surface area contributed by atoms with Crippen molar-refractivity contribution in [3.8, 4) is 34.2 Å². The number of ether oxygens (including phenoxy) is 1. The summed E-state index contributed by atoms with van der Waals surface area (Å²) in [6.45, 7) is 5.01. The lowest BCUT2D eigenvalue weighted by Gasteiger charge is -2.12. The van der Waals surface area contributed by atoms with Gasteiger partial charge in [-0.25, -0.2) is 4.98 Å². The lowest BCUT2D eigenvalue weighted by molar-refractivity contribution is 0.304. The Balaban J connectivity index is 1.75. The first-order chi connectivity index (χ1) is 15.1. The van der Waals surface area contributed by atoms with Gasteiger partial charge >= 0.3 is 0 Å². The molecule has 1 aromatic heterocycles. The summed E-state index contributed by atoms with van der Waals surface area (Å²) in [5.74, 6) is 1.10. The Morgan fingerprint density at radius 1 is 0.935 bits per heavy atom. The van der Waals surface area contributed by atoms with E-state index in [2.05, 4.69) is 18.0 Å². The van der Waals surface area contributed by atoms with Crippen molar-refractivity contribution in [2.75, 3.05) is 12.3 Å². The number of rotatable bonds is 10. The highest BCUT2D eigenvalue weighted by Gasteiger charge is 2.14. The topological polar surface area (TPSA) is 71.9 Å². The van der Waals surface area contributed by atoms with Crippen LogP contribution in [0, 0.1) is 18.3 Å². The fourth-order valence-electron chi connectivity index (χ4n) is 3.71. The Hall–Kier alpha value is -3.32. The van der Waals surface area contributed by atoms with Crippen LogP contribution in [-0.4, -0.2) is 11.6 Å². The fourth-order valence-corrected chi connectivity index (χ4v) is 3.71. The van der Waals surface area contributed by atoms with Crippen LogP contribution in [-0.2, 0) is 0 Å². The summed E-state index contributed by atoms with van der Waals surface area (Å²) in [6.07, 6.45) is 7.46. The normalized spacial score (nSPS) is 10.6. The van der Waals surface area contributed by atoms with Crippen LogP contribution in [0.5, 0.6) is 5.75 Å². The largest absolute Gasteiger partial charge is 0.494 e. The third-order valence-electron chi connectivity index (χ3n) is 5.51. The molecule has 4 nitrogen and oxygen atoms in total. The van der Waals surface area contributed by atoms with Crippen molar-refractivity contribution in [3.63, 3.8) is 0 Å². The van der Waals surface area contributed by atoms with Crippen molar-refractivity contribution in [2.45, 2.75) is 52.4 Å². The molecule has 0 spiro atoms. The first-order valence-corrected chi connectivity index (χ1v) is 11.1. The molecule has 0 saturated carbocycles. The van der Waals surface area contributed by atoms with Gasteiger partial charge in [-0.1, -0.05) is 75.4 Å². The van der Waals surface area contributed by atoms with Gasteiger partial charge in [0.15, 0.2) is 0 Å². The second-order valence-corrected chi connectivity index (χ2v) is 7.88. The summed E-state index contributed by atoms with van der Waals surface area (Å²) < 4.78 is 5.89. The minimum absolute atomic E-state index is 0.252. The van der Waals surface area contributed by atoms with E-state index in [-0.39, 0.29) is 5.82 Å². The van der Waals surface area contributed by atoms with Crippen LogP contribution in [0.2, 0.25) is 0 Å². The highest BCUT2D eigenvalue weighted by atomic mass is 16.5. The van der Waals surface area contributed by atoms with Crippen LogP contribution in [0.3, 0.4) is 0 Å². The summed E-state index contributed by atoms with van der Waals surface area (Å²) >= 11 is 0. The minimum Gasteiger partial charge on any atom is -0.494 e. The van der Waals surface area contributed by atoms with E-state index < -0.39 is 0 Å². The van der Waals surface area contributed by atoms with Crippen molar-refractivity contribution in [3.05, 3.63) is 65.7 Å². The number of aryl methyl sites for hydroxylation is 1. The molecule has 0 radical (unpaired) electrons. The van der Waals surface area contributed by atoms with E-state index in [4.69, 9.17) is 10.5 Å². The molecule has 3 aromatic rings. The van der Waals surface area contributed by atoms with Crippen molar-refractivity contribution >= 4 is 5.82 Å². The Morgan fingerprint density at radius 2 is 1.65 bits per heavy atom. The number of hydrogen-bond donors (Lipinski definition) is 1. The predicted octanol–water partition coefficient (Wildman–Crippen LogP) is 6.92. The zero-order chi connectivity index (χ0) is 22.1. The minimum atomic E-state index is 0.252. The molecule has 0 bridgehead atoms. The summed E-state index contributed by atoms with van der Waals surface area (Å²) in [5, 5.41) is 9.66. The maximum absolute atomic E-state index is 9.66. The second kappa shape index (κ2) is 11.2. The number of nitrogens with two attached hydrogens (primary N) is 1. The summed E-state index contributed by atoms with van der Waals surface area (Å²) in [6, 6.07) is 20.1. The molecule has 3 rings (SSSR count). The van der Waals surface area contributed by atoms with Crippen molar-refractivity contribution in [2.24, 2.45) is 0 Å². The number of unbranched alkanes of at least 4 members (excludes halogenated alkanes) is 5. The molecule has 4 heteroatoms. The zero-order valence-corrected chi connectivity index (χ0v) is 18.5. The standard InChI is InChI=1S/C27H31N3O/c1-3-4-5-6-7-10-17-31-22-15-13-21(14-16-22)24-18-26(30-27(29)25(24)19-28)23-12-9-8-11-20(23)2/h8-9,11-16,18H,3-7,10,17H2,1-2H3,(H2,29,30). The third-order valence-corrected chi connectivity index (χ3v) is 5.51. The van der Waals surface area contributed by atoms with Gasteiger partial charge in [0, 0.05) is 11.1 Å². The van der Waals surface area contributed by atoms with Crippen LogP contribution in [0.1, 0.15) is 56.6 Å². The van der Waals surface area contributed by atoms with E-state index in [1.54, 1.807) is 0 Å². The number of pyridine rings is 1. The number of aromatic nitrogens is 1. The van der Waals surface area contributed by atoms with E-state index >= 15 is 0 Å². The highest BCUT2D eigenvalue weighted by molar-refractivity contribution is 5.80. The molecule has 1 heterocycles. The summed E-state index contributed by atoms with van der Waals surface area (Å²) in [7, 11) is 0. The van der Waals surface area contributed by atoms with Gasteiger partial charge in [0.25, 0.3) is 0 Å². The molecule has 0 fully saturated rings. The van der Waals surface area contributed by atoms with Gasteiger partial charge in [-0.15, -0.1) is 0 Å². The molecular formula is C27H31N3O. The van der Waals surface area contributed by atoms with Gasteiger partial charge in [-0.05, 0) is 42.7 Å². The number of nitrogens with zero attached hydrogens (tertiary/aromatic N) is 2. The maximum Gasteiger partial charge on any atom is 0.142 e. The molecule has 0 unspecified atom stereocenters. The van der Waals surface area contributed by atoms with Crippen LogP contribution >= 0.6 is 0 Å². The van der Waals surface area contributed by atoms with Gasteiger partial charge in [0.1, 0.15) is 23.2 Å². The average Bonchev–Trinajstić information content (AvgIpc) is 2.79. The van der Waals surface area contributed by atoms with E-state index in [0.717, 1.165) is 46.7 Å². The van der Waals surface area contributed by atoms with E-state index in [1.807, 2.05) is 61.5 Å². The zero-order valence-electron chi connectivity index (χ0n) is 18.5. The van der Waals surface area contributed by atoms with Crippen LogP contribution in [0.15, 0.2) is 54.6 Å². The van der Waals surface area contributed by atoms with Gasteiger partial charge in [-0.2, -0.15) is 5.26 Å². The molecular weight excluding hydrogens is 382 g/mol. The molecule has 0 aliphatic rings. The van der Waals surface area contributed by atoms with E-state index in [9.17, 15) is 5.26 Å². The van der Waals surface area contributed by atoms with Gasteiger partial charge in [0.2, 0.25) is 0 Å². The van der Waals surface area contributed by atoms with Crippen molar-refractivity contribution < 1.29 is 4.74 Å². The first kappa shape index (κ1) is 22.4. The monoisotopic (exact) mass is 413 g/mol. The Labute approximate surface area is 185 Å². The predicted molar refractivity (Wildman–Crippen MR) is 128 cm³/mol. The number of anilines is 1. The van der Waals surface area contributed by atoms with Crippen LogP contribution in [0.25, 0.3) is 22.4 Å². The molecule has 0 saturated heterocycles. The third kappa shape index (κ3) is 5.86. The van der Waals surface area contributed by atoms with Crippen LogP contribution in [0.4, 0.5) is 5.82 Å². The Kier molecular flexibility index (Phi) is 8.06. The van der Waals surface area contributed by atoms with Gasteiger partial charge < -0.3 is 10.5 Å². The smallest absolute Gasteiger partial charge is 0.142 e. The Bertz CT molecular complexity index is 1040. The highest BCUT2D eigenvalue weighted by Crippen LogP contribution is 2.33. The number of nitrogen functional groups attached to an aromatic ring is 1. The second-order valence-electron chi connectivity index (χ2n) is 7.88. The summed E-state index contributed by atoms with van der Waals surface area (Å²) in [5.41, 5.74) is 11.2. The molecule has 0 atom stereocenters. The number of nitriles is 1. The molecule has 0 aliphatic heterocycles. The molecule has 160 valence electrons. The average molecular weight is 414 g/mol.